The van der Waals surface area contributed by atoms with Crippen molar-refractivity contribution < 1.29 is 32.7 Å². The standard InChI is InChI=1S/C11H12.Y/c1-8-6-7-9(2)11-5-3-4-10(8)11;/h3-4,6-7H,5H2,1-2H3;. The first-order valence-corrected chi connectivity index (χ1v) is 4.04. The first kappa shape index (κ1) is 10.1. The summed E-state index contributed by atoms with van der Waals surface area (Å²) >= 11 is 0. The van der Waals surface area contributed by atoms with Gasteiger partial charge in [-0.05, 0) is 42.5 Å². The maximum absolute atomic E-state index is 2.24. The number of hydrogen-bond donors (Lipinski definition) is 0. The summed E-state index contributed by atoms with van der Waals surface area (Å²) in [6, 6.07) is 4.41. The SMILES string of the molecule is Cc1ccc(C)c2c1C=CC2.[Y]. The van der Waals surface area contributed by atoms with Crippen molar-refractivity contribution in [3.63, 3.8) is 0 Å². The Bertz CT molecular complexity index is 324. The zero-order chi connectivity index (χ0) is 7.84. The van der Waals surface area contributed by atoms with Crippen LogP contribution in [0.15, 0.2) is 18.2 Å². The van der Waals surface area contributed by atoms with Gasteiger partial charge in [0.1, 0.15) is 0 Å². The van der Waals surface area contributed by atoms with Crippen molar-refractivity contribution in [2.45, 2.75) is 20.3 Å². The Morgan fingerprint density at radius 3 is 2.42 bits per heavy atom. The molecule has 12 heavy (non-hydrogen) atoms. The van der Waals surface area contributed by atoms with E-state index < -0.39 is 0 Å². The van der Waals surface area contributed by atoms with Crippen LogP contribution in [0.25, 0.3) is 6.08 Å². The van der Waals surface area contributed by atoms with E-state index >= 15 is 0 Å². The fourth-order valence-electron chi connectivity index (χ4n) is 1.69. The van der Waals surface area contributed by atoms with Crippen molar-refractivity contribution in [1.29, 1.82) is 0 Å². The average Bonchev–Trinajstić information content (AvgIpc) is 2.45. The van der Waals surface area contributed by atoms with Crippen molar-refractivity contribution in [1.82, 2.24) is 0 Å². The number of benzene rings is 1. The third kappa shape index (κ3) is 1.55. The van der Waals surface area contributed by atoms with Crippen LogP contribution in [0.5, 0.6) is 0 Å². The van der Waals surface area contributed by atoms with Crippen molar-refractivity contribution >= 4 is 6.08 Å². The summed E-state index contributed by atoms with van der Waals surface area (Å²) in [6.07, 6.45) is 5.60. The second-order valence-corrected chi connectivity index (χ2v) is 3.20. The minimum atomic E-state index is 0. The van der Waals surface area contributed by atoms with E-state index in [9.17, 15) is 0 Å². The van der Waals surface area contributed by atoms with E-state index in [1.54, 1.807) is 0 Å². The minimum absolute atomic E-state index is 0. The number of rotatable bonds is 0. The predicted molar refractivity (Wildman–Crippen MR) is 48.7 cm³/mol. The Labute approximate surface area is 98.9 Å². The fraction of sp³-hybridized carbons (Fsp3) is 0.273. The molecule has 0 heterocycles. The van der Waals surface area contributed by atoms with Crippen molar-refractivity contribution in [2.75, 3.05) is 0 Å². The largest absolute Gasteiger partial charge is 0.0795 e. The first-order valence-electron chi connectivity index (χ1n) is 4.04. The second kappa shape index (κ2) is 3.85. The van der Waals surface area contributed by atoms with Gasteiger partial charge < -0.3 is 0 Å². The third-order valence-electron chi connectivity index (χ3n) is 2.42. The molecule has 0 bridgehead atoms. The average molecular weight is 233 g/mol. The summed E-state index contributed by atoms with van der Waals surface area (Å²) in [5, 5.41) is 0. The maximum atomic E-state index is 2.24. The fourth-order valence-corrected chi connectivity index (χ4v) is 1.69. The van der Waals surface area contributed by atoms with Gasteiger partial charge in [-0.2, -0.15) is 0 Å². The molecule has 1 aliphatic rings. The van der Waals surface area contributed by atoms with E-state index in [1.807, 2.05) is 0 Å². The number of hydrogen-bond acceptors (Lipinski definition) is 0. The van der Waals surface area contributed by atoms with Gasteiger partial charge in [0.15, 0.2) is 0 Å². The Hall–Kier alpha value is 0.0639. The molecule has 0 spiro atoms. The number of allylic oxidation sites excluding steroid dienone is 1. The molecule has 59 valence electrons. The van der Waals surface area contributed by atoms with E-state index in [0.29, 0.717) is 0 Å². The summed E-state index contributed by atoms with van der Waals surface area (Å²) < 4.78 is 0. The van der Waals surface area contributed by atoms with Gasteiger partial charge in [-0.3, -0.25) is 0 Å². The summed E-state index contributed by atoms with van der Waals surface area (Å²) in [7, 11) is 0. The van der Waals surface area contributed by atoms with Crippen LogP contribution >= 0.6 is 0 Å². The van der Waals surface area contributed by atoms with Crippen LogP contribution in [0.3, 0.4) is 0 Å². The molecule has 2 rings (SSSR count). The summed E-state index contributed by atoms with van der Waals surface area (Å²) in [4.78, 5) is 0. The van der Waals surface area contributed by atoms with E-state index in [-0.39, 0.29) is 32.7 Å². The van der Waals surface area contributed by atoms with Gasteiger partial charge in [-0.25, -0.2) is 0 Å². The molecule has 0 aliphatic heterocycles. The molecule has 0 aromatic heterocycles. The number of fused-ring (bicyclic) bond motifs is 1. The van der Waals surface area contributed by atoms with Crippen LogP contribution in [0.2, 0.25) is 0 Å². The molecule has 0 N–H and O–H groups in total. The third-order valence-corrected chi connectivity index (χ3v) is 2.42. The van der Waals surface area contributed by atoms with Crippen LogP contribution in [0.4, 0.5) is 0 Å². The molecule has 1 aliphatic carbocycles. The molecular weight excluding hydrogens is 221 g/mol. The first-order chi connectivity index (χ1) is 5.29. The molecular formula is C11H12Y. The molecule has 0 saturated heterocycles. The van der Waals surface area contributed by atoms with Crippen LogP contribution in [-0.2, 0) is 39.1 Å². The van der Waals surface area contributed by atoms with E-state index in [1.165, 1.54) is 22.3 Å². The summed E-state index contributed by atoms with van der Waals surface area (Å²) in [5.41, 5.74) is 5.80. The second-order valence-electron chi connectivity index (χ2n) is 3.20. The molecule has 0 unspecified atom stereocenters. The van der Waals surface area contributed by atoms with E-state index in [2.05, 4.69) is 38.1 Å². The van der Waals surface area contributed by atoms with Gasteiger partial charge in [-0.15, -0.1) is 0 Å². The Morgan fingerprint density at radius 2 is 1.75 bits per heavy atom. The van der Waals surface area contributed by atoms with Crippen LogP contribution in [0, 0.1) is 13.8 Å². The van der Waals surface area contributed by atoms with E-state index in [0.717, 1.165) is 6.42 Å². The smallest absolute Gasteiger partial charge is 0 e. The Morgan fingerprint density at radius 1 is 1.08 bits per heavy atom. The van der Waals surface area contributed by atoms with Gasteiger partial charge in [-0.1, -0.05) is 24.3 Å². The van der Waals surface area contributed by atoms with Crippen molar-refractivity contribution in [3.8, 4) is 0 Å². The van der Waals surface area contributed by atoms with Crippen molar-refractivity contribution in [2.24, 2.45) is 0 Å². The van der Waals surface area contributed by atoms with Gasteiger partial charge >= 0.3 is 0 Å². The quantitative estimate of drug-likeness (QED) is 0.646. The molecule has 1 aromatic carbocycles. The molecule has 0 amide bonds. The topological polar surface area (TPSA) is 0 Å². The zero-order valence-corrected chi connectivity index (χ0v) is 10.4. The Balaban J connectivity index is 0.000000720. The monoisotopic (exact) mass is 233 g/mol. The van der Waals surface area contributed by atoms with Crippen molar-refractivity contribution in [3.05, 3.63) is 40.5 Å². The predicted octanol–water partition coefficient (Wildman–Crippen LogP) is 2.87. The molecule has 0 saturated carbocycles. The normalized spacial score (nSPS) is 12.5. The molecule has 1 radical (unpaired) electrons. The van der Waals surface area contributed by atoms with Gasteiger partial charge in [0.25, 0.3) is 0 Å². The molecule has 0 nitrogen and oxygen atoms in total. The maximum Gasteiger partial charge on any atom is 0 e. The summed E-state index contributed by atoms with van der Waals surface area (Å²) in [5.74, 6) is 0. The van der Waals surface area contributed by atoms with E-state index in [4.69, 9.17) is 0 Å². The molecule has 1 aromatic rings. The van der Waals surface area contributed by atoms with Gasteiger partial charge in [0.05, 0.1) is 0 Å². The molecule has 0 fully saturated rings. The summed E-state index contributed by atoms with van der Waals surface area (Å²) in [6.45, 7) is 4.36. The van der Waals surface area contributed by atoms with Gasteiger partial charge in [0.2, 0.25) is 0 Å². The number of aryl methyl sites for hydroxylation is 2. The molecule has 1 heteroatoms. The van der Waals surface area contributed by atoms with Crippen LogP contribution < -0.4 is 0 Å². The van der Waals surface area contributed by atoms with Gasteiger partial charge in [0, 0.05) is 32.7 Å². The van der Waals surface area contributed by atoms with Crippen LogP contribution in [0.1, 0.15) is 22.3 Å². The van der Waals surface area contributed by atoms with Crippen LogP contribution in [-0.4, -0.2) is 0 Å². The molecule has 0 atom stereocenters. The zero-order valence-electron chi connectivity index (χ0n) is 7.59. The Kier molecular flexibility index (Phi) is 3.25. The minimum Gasteiger partial charge on any atom is -0.0795 e.